The minimum atomic E-state index is -0.176. The van der Waals surface area contributed by atoms with Gasteiger partial charge in [0.05, 0.1) is 0 Å². The van der Waals surface area contributed by atoms with Crippen molar-refractivity contribution in [2.45, 2.75) is 31.4 Å². The number of ether oxygens (including phenoxy) is 1. The fourth-order valence-electron chi connectivity index (χ4n) is 1.36. The van der Waals surface area contributed by atoms with Crippen LogP contribution in [0.5, 0.6) is 0 Å². The summed E-state index contributed by atoms with van der Waals surface area (Å²) in [5, 5.41) is 0. The Morgan fingerprint density at radius 2 is 2.17 bits per heavy atom. The van der Waals surface area contributed by atoms with Gasteiger partial charge in [-0.25, -0.2) is 4.79 Å². The molecule has 2 aliphatic rings. The molecule has 12 heavy (non-hydrogen) atoms. The number of nitrogens with two attached hydrogens (primary N) is 1. The lowest BCUT2D eigenvalue weighted by molar-refractivity contribution is 0.103. The van der Waals surface area contributed by atoms with Gasteiger partial charge in [0, 0.05) is 19.1 Å². The summed E-state index contributed by atoms with van der Waals surface area (Å²) in [6, 6.07) is 0.150. The number of hydrogen-bond acceptors (Lipinski definition) is 3. The van der Waals surface area contributed by atoms with Gasteiger partial charge >= 0.3 is 6.09 Å². The second-order valence-corrected chi connectivity index (χ2v) is 3.58. The second-order valence-electron chi connectivity index (χ2n) is 3.58. The Bertz CT molecular complexity index is 191. The van der Waals surface area contributed by atoms with E-state index >= 15 is 0 Å². The summed E-state index contributed by atoms with van der Waals surface area (Å²) in [6.45, 7) is 1.41. The van der Waals surface area contributed by atoms with Gasteiger partial charge in [0.15, 0.2) is 0 Å². The molecule has 0 aromatic heterocycles. The lowest BCUT2D eigenvalue weighted by Crippen LogP contribution is -2.32. The summed E-state index contributed by atoms with van der Waals surface area (Å²) < 4.78 is 5.12. The third-order valence-corrected chi connectivity index (χ3v) is 2.27. The van der Waals surface area contributed by atoms with Crippen LogP contribution in [0.2, 0.25) is 0 Å². The van der Waals surface area contributed by atoms with Crippen molar-refractivity contribution in [1.82, 2.24) is 4.90 Å². The minimum Gasteiger partial charge on any atom is -0.446 e. The number of amides is 1. The number of carbonyl (C=O) groups excluding carboxylic acids is 1. The summed E-state index contributed by atoms with van der Waals surface area (Å²) in [7, 11) is 0. The first-order valence-electron chi connectivity index (χ1n) is 4.47. The molecule has 1 amide bonds. The molecular weight excluding hydrogens is 156 g/mol. The van der Waals surface area contributed by atoms with Crippen LogP contribution < -0.4 is 5.73 Å². The molecule has 4 heteroatoms. The molecule has 0 bridgehead atoms. The predicted octanol–water partition coefficient (Wildman–Crippen LogP) is 0.318. The summed E-state index contributed by atoms with van der Waals surface area (Å²) in [5.41, 5.74) is 5.66. The Balaban J connectivity index is 1.79. The highest BCUT2D eigenvalue weighted by molar-refractivity contribution is 5.68. The van der Waals surface area contributed by atoms with Gasteiger partial charge in [-0.15, -0.1) is 0 Å². The van der Waals surface area contributed by atoms with Gasteiger partial charge in [0.1, 0.15) is 6.10 Å². The molecule has 0 spiro atoms. The lowest BCUT2D eigenvalue weighted by Gasteiger charge is -2.14. The molecule has 2 N–H and O–H groups in total. The summed E-state index contributed by atoms with van der Waals surface area (Å²) in [4.78, 5) is 13.0. The maximum atomic E-state index is 11.3. The van der Waals surface area contributed by atoms with Crippen molar-refractivity contribution in [2.75, 3.05) is 13.1 Å². The van der Waals surface area contributed by atoms with E-state index in [1.807, 2.05) is 0 Å². The molecule has 1 saturated heterocycles. The molecule has 4 nitrogen and oxygen atoms in total. The van der Waals surface area contributed by atoms with Crippen LogP contribution in [0.25, 0.3) is 0 Å². The predicted molar refractivity (Wildman–Crippen MR) is 43.7 cm³/mol. The number of likely N-dealkylation sites (tertiary alicyclic amines) is 1. The van der Waals surface area contributed by atoms with Gasteiger partial charge < -0.3 is 15.4 Å². The van der Waals surface area contributed by atoms with Crippen LogP contribution in [0.3, 0.4) is 0 Å². The van der Waals surface area contributed by atoms with Crippen molar-refractivity contribution in [3.8, 4) is 0 Å². The number of rotatable bonds is 1. The maximum absolute atomic E-state index is 11.3. The van der Waals surface area contributed by atoms with Gasteiger partial charge in [-0.2, -0.15) is 0 Å². The quantitative estimate of drug-likeness (QED) is 0.616. The van der Waals surface area contributed by atoms with E-state index in [4.69, 9.17) is 10.5 Å². The highest BCUT2D eigenvalue weighted by Crippen LogP contribution is 2.24. The van der Waals surface area contributed by atoms with Crippen LogP contribution in [-0.4, -0.2) is 36.2 Å². The van der Waals surface area contributed by atoms with Crippen molar-refractivity contribution in [2.24, 2.45) is 5.73 Å². The monoisotopic (exact) mass is 170 g/mol. The fourth-order valence-corrected chi connectivity index (χ4v) is 1.36. The minimum absolute atomic E-state index is 0.150. The molecule has 2 fully saturated rings. The second kappa shape index (κ2) is 2.94. The van der Waals surface area contributed by atoms with Gasteiger partial charge in [-0.3, -0.25) is 0 Å². The van der Waals surface area contributed by atoms with E-state index in [9.17, 15) is 4.79 Å². The standard InChI is InChI=1S/C8H14N2O2/c9-6-3-4-10(5-6)8(11)12-7-1-2-7/h6-7H,1-5,9H2/t6-/m1/s1. The molecule has 1 aliphatic carbocycles. The number of carbonyl (C=O) groups is 1. The van der Waals surface area contributed by atoms with Crippen molar-refractivity contribution >= 4 is 6.09 Å². The van der Waals surface area contributed by atoms with Crippen LogP contribution in [-0.2, 0) is 4.74 Å². The lowest BCUT2D eigenvalue weighted by atomic mass is 10.3. The van der Waals surface area contributed by atoms with Gasteiger partial charge in [-0.05, 0) is 19.3 Å². The van der Waals surface area contributed by atoms with Crippen LogP contribution in [0, 0.1) is 0 Å². The first-order chi connectivity index (χ1) is 5.75. The highest BCUT2D eigenvalue weighted by atomic mass is 16.6. The molecule has 1 aliphatic heterocycles. The molecule has 1 atom stereocenters. The van der Waals surface area contributed by atoms with Crippen LogP contribution in [0.4, 0.5) is 4.79 Å². The van der Waals surface area contributed by atoms with Crippen molar-refractivity contribution in [3.05, 3.63) is 0 Å². The Morgan fingerprint density at radius 3 is 2.67 bits per heavy atom. The number of nitrogens with zero attached hydrogens (tertiary/aromatic N) is 1. The van der Waals surface area contributed by atoms with Crippen molar-refractivity contribution in [1.29, 1.82) is 0 Å². The molecular formula is C8H14N2O2. The third-order valence-electron chi connectivity index (χ3n) is 2.27. The summed E-state index contributed by atoms with van der Waals surface area (Å²) in [5.74, 6) is 0. The molecule has 0 radical (unpaired) electrons. The van der Waals surface area contributed by atoms with Gasteiger partial charge in [0.2, 0.25) is 0 Å². The van der Waals surface area contributed by atoms with Crippen molar-refractivity contribution in [3.63, 3.8) is 0 Å². The zero-order valence-corrected chi connectivity index (χ0v) is 7.03. The van der Waals surface area contributed by atoms with Crippen LogP contribution >= 0.6 is 0 Å². The molecule has 0 unspecified atom stereocenters. The Morgan fingerprint density at radius 1 is 1.42 bits per heavy atom. The molecule has 0 aromatic rings. The van der Waals surface area contributed by atoms with Gasteiger partial charge in [0.25, 0.3) is 0 Å². The topological polar surface area (TPSA) is 55.6 Å². The molecule has 2 rings (SSSR count). The zero-order valence-electron chi connectivity index (χ0n) is 7.03. The molecule has 1 heterocycles. The zero-order chi connectivity index (χ0) is 8.55. The largest absolute Gasteiger partial charge is 0.446 e. The van der Waals surface area contributed by atoms with E-state index in [-0.39, 0.29) is 18.2 Å². The highest BCUT2D eigenvalue weighted by Gasteiger charge is 2.31. The van der Waals surface area contributed by atoms with E-state index < -0.39 is 0 Å². The Hall–Kier alpha value is -0.770. The van der Waals surface area contributed by atoms with Crippen molar-refractivity contribution < 1.29 is 9.53 Å². The van der Waals surface area contributed by atoms with Crippen LogP contribution in [0.1, 0.15) is 19.3 Å². The third kappa shape index (κ3) is 1.69. The molecule has 68 valence electrons. The number of hydrogen-bond donors (Lipinski definition) is 1. The first kappa shape index (κ1) is 7.86. The Labute approximate surface area is 71.7 Å². The average Bonchev–Trinajstić information content (AvgIpc) is 2.72. The van der Waals surface area contributed by atoms with E-state index in [2.05, 4.69) is 0 Å². The average molecular weight is 170 g/mol. The van der Waals surface area contributed by atoms with E-state index in [1.54, 1.807) is 4.90 Å². The fraction of sp³-hybridized carbons (Fsp3) is 0.875. The van der Waals surface area contributed by atoms with E-state index in [1.165, 1.54) is 0 Å². The van der Waals surface area contributed by atoms with Gasteiger partial charge in [-0.1, -0.05) is 0 Å². The SMILES string of the molecule is N[C@@H]1CCN(C(=O)OC2CC2)C1. The van der Waals surface area contributed by atoms with E-state index in [0.29, 0.717) is 6.54 Å². The van der Waals surface area contributed by atoms with E-state index in [0.717, 1.165) is 25.8 Å². The normalized spacial score (nSPS) is 29.1. The van der Waals surface area contributed by atoms with Crippen LogP contribution in [0.15, 0.2) is 0 Å². The maximum Gasteiger partial charge on any atom is 0.410 e. The Kier molecular flexibility index (Phi) is 1.92. The first-order valence-corrected chi connectivity index (χ1v) is 4.47. The summed E-state index contributed by atoms with van der Waals surface area (Å²) in [6.07, 6.45) is 3.00. The molecule has 1 saturated carbocycles. The molecule has 0 aromatic carbocycles. The smallest absolute Gasteiger partial charge is 0.410 e. The summed E-state index contributed by atoms with van der Waals surface area (Å²) >= 11 is 0.